The Balaban J connectivity index is 3.77. The summed E-state index contributed by atoms with van der Waals surface area (Å²) < 4.78 is 0. The van der Waals surface area contributed by atoms with Gasteiger partial charge < -0.3 is 10.2 Å². The molecule has 0 radical (unpaired) electrons. The number of hydrogen-bond acceptors (Lipinski definition) is 1. The van der Waals surface area contributed by atoms with E-state index >= 15 is 0 Å². The highest BCUT2D eigenvalue weighted by Gasteiger charge is 2.06. The number of guanidine groups is 1. The fourth-order valence-corrected chi connectivity index (χ4v) is 1.52. The molecule has 0 bridgehead atoms. The van der Waals surface area contributed by atoms with Crippen LogP contribution in [0.4, 0.5) is 0 Å². The molecule has 15 heavy (non-hydrogen) atoms. The maximum atomic E-state index is 4.20. The molecular weight excluding hydrogens is 186 g/mol. The average Bonchev–Trinajstić information content (AvgIpc) is 2.13. The van der Waals surface area contributed by atoms with Crippen molar-refractivity contribution in [2.75, 3.05) is 21.1 Å². The van der Waals surface area contributed by atoms with Gasteiger partial charge in [0.25, 0.3) is 0 Å². The second-order valence-corrected chi connectivity index (χ2v) is 4.81. The second-order valence-electron chi connectivity index (χ2n) is 4.81. The normalized spacial score (nSPS) is 14.2. The van der Waals surface area contributed by atoms with Crippen LogP contribution < -0.4 is 5.32 Å². The number of nitrogens with one attached hydrogen (secondary N) is 1. The van der Waals surface area contributed by atoms with Crippen molar-refractivity contribution >= 4 is 5.96 Å². The summed E-state index contributed by atoms with van der Waals surface area (Å²) in [6.07, 6.45) is 3.81. The van der Waals surface area contributed by atoms with Gasteiger partial charge in [0, 0.05) is 27.2 Å². The lowest BCUT2D eigenvalue weighted by Gasteiger charge is -2.21. The second kappa shape index (κ2) is 7.55. The quantitative estimate of drug-likeness (QED) is 0.561. The average molecular weight is 213 g/mol. The van der Waals surface area contributed by atoms with Gasteiger partial charge in [0.2, 0.25) is 0 Å². The van der Waals surface area contributed by atoms with Gasteiger partial charge in [0.1, 0.15) is 0 Å². The standard InChI is InChI=1S/C12H27N3/c1-10(2)8-7-9-11(3)14-12(13-4)15(5)6/h10-11H,7-9H2,1-6H3,(H,13,14). The Kier molecular flexibility index (Phi) is 7.18. The fraction of sp³-hybridized carbons (Fsp3) is 0.917. The van der Waals surface area contributed by atoms with Gasteiger partial charge in [0.15, 0.2) is 5.96 Å². The van der Waals surface area contributed by atoms with Crippen LogP contribution in [0.15, 0.2) is 4.99 Å². The lowest BCUT2D eigenvalue weighted by Crippen LogP contribution is -2.41. The van der Waals surface area contributed by atoms with Crippen LogP contribution in [0.1, 0.15) is 40.0 Å². The molecule has 0 aliphatic rings. The molecule has 0 amide bonds. The van der Waals surface area contributed by atoms with Crippen LogP contribution in [0, 0.1) is 5.92 Å². The van der Waals surface area contributed by atoms with E-state index in [0.717, 1.165) is 11.9 Å². The summed E-state index contributed by atoms with van der Waals surface area (Å²) in [4.78, 5) is 6.22. The summed E-state index contributed by atoms with van der Waals surface area (Å²) in [5.74, 6) is 1.78. The molecule has 0 fully saturated rings. The Hall–Kier alpha value is -0.730. The van der Waals surface area contributed by atoms with E-state index in [2.05, 4.69) is 31.1 Å². The largest absolute Gasteiger partial charge is 0.354 e. The van der Waals surface area contributed by atoms with Crippen molar-refractivity contribution in [1.82, 2.24) is 10.2 Å². The third-order valence-corrected chi connectivity index (χ3v) is 2.43. The zero-order valence-electron chi connectivity index (χ0n) is 11.2. The molecule has 3 heteroatoms. The third kappa shape index (κ3) is 7.23. The minimum absolute atomic E-state index is 0.504. The van der Waals surface area contributed by atoms with Gasteiger partial charge >= 0.3 is 0 Å². The van der Waals surface area contributed by atoms with Crippen LogP contribution in [-0.4, -0.2) is 38.0 Å². The van der Waals surface area contributed by atoms with Crippen molar-refractivity contribution < 1.29 is 0 Å². The molecule has 0 aliphatic carbocycles. The van der Waals surface area contributed by atoms with Crippen molar-refractivity contribution in [3.05, 3.63) is 0 Å². The molecule has 0 rings (SSSR count). The molecule has 0 saturated heterocycles. The van der Waals surface area contributed by atoms with Crippen LogP contribution >= 0.6 is 0 Å². The van der Waals surface area contributed by atoms with E-state index in [4.69, 9.17) is 0 Å². The van der Waals surface area contributed by atoms with Crippen molar-refractivity contribution in [2.24, 2.45) is 10.9 Å². The number of nitrogens with zero attached hydrogens (tertiary/aromatic N) is 2. The highest BCUT2D eigenvalue weighted by Crippen LogP contribution is 2.08. The summed E-state index contributed by atoms with van der Waals surface area (Å²) in [5, 5.41) is 3.42. The summed E-state index contributed by atoms with van der Waals surface area (Å²) in [7, 11) is 5.84. The van der Waals surface area contributed by atoms with Crippen molar-refractivity contribution in [3.8, 4) is 0 Å². The zero-order valence-corrected chi connectivity index (χ0v) is 11.2. The summed E-state index contributed by atoms with van der Waals surface area (Å²) >= 11 is 0. The smallest absolute Gasteiger partial charge is 0.193 e. The topological polar surface area (TPSA) is 27.6 Å². The van der Waals surface area contributed by atoms with Crippen LogP contribution in [0.3, 0.4) is 0 Å². The number of hydrogen-bond donors (Lipinski definition) is 1. The van der Waals surface area contributed by atoms with Gasteiger partial charge in [-0.2, -0.15) is 0 Å². The summed E-state index contributed by atoms with van der Waals surface area (Å²) in [5.41, 5.74) is 0. The molecule has 3 nitrogen and oxygen atoms in total. The first-order valence-electron chi connectivity index (χ1n) is 5.88. The van der Waals surface area contributed by atoms with E-state index in [1.165, 1.54) is 19.3 Å². The molecular formula is C12H27N3. The monoisotopic (exact) mass is 213 g/mol. The lowest BCUT2D eigenvalue weighted by molar-refractivity contribution is 0.477. The number of aliphatic imine (C=N–C) groups is 1. The molecule has 1 N–H and O–H groups in total. The van der Waals surface area contributed by atoms with Crippen LogP contribution in [0.5, 0.6) is 0 Å². The van der Waals surface area contributed by atoms with Crippen molar-refractivity contribution in [3.63, 3.8) is 0 Å². The minimum atomic E-state index is 0.504. The molecule has 0 aromatic carbocycles. The van der Waals surface area contributed by atoms with Gasteiger partial charge in [-0.3, -0.25) is 4.99 Å². The molecule has 0 aliphatic heterocycles. The molecule has 1 atom stereocenters. The minimum Gasteiger partial charge on any atom is -0.354 e. The SMILES string of the molecule is CN=C(NC(C)CCCC(C)C)N(C)C. The van der Waals surface area contributed by atoms with Crippen molar-refractivity contribution in [2.45, 2.75) is 46.1 Å². The van der Waals surface area contributed by atoms with E-state index in [9.17, 15) is 0 Å². The molecule has 1 unspecified atom stereocenters. The molecule has 0 aromatic rings. The molecule has 0 spiro atoms. The first kappa shape index (κ1) is 14.3. The highest BCUT2D eigenvalue weighted by molar-refractivity contribution is 5.79. The van der Waals surface area contributed by atoms with Gasteiger partial charge in [-0.05, 0) is 19.3 Å². The van der Waals surface area contributed by atoms with E-state index in [1.54, 1.807) is 0 Å². The van der Waals surface area contributed by atoms with Gasteiger partial charge in [-0.25, -0.2) is 0 Å². The summed E-state index contributed by atoms with van der Waals surface area (Å²) in [6, 6.07) is 0.504. The Morgan fingerprint density at radius 3 is 2.20 bits per heavy atom. The number of rotatable bonds is 5. The molecule has 0 saturated carbocycles. The first-order valence-corrected chi connectivity index (χ1v) is 5.88. The van der Waals surface area contributed by atoms with Gasteiger partial charge in [-0.15, -0.1) is 0 Å². The lowest BCUT2D eigenvalue weighted by atomic mass is 10.0. The van der Waals surface area contributed by atoms with Crippen LogP contribution in [0.2, 0.25) is 0 Å². The zero-order chi connectivity index (χ0) is 11.8. The maximum Gasteiger partial charge on any atom is 0.193 e. The molecule has 0 aromatic heterocycles. The highest BCUT2D eigenvalue weighted by atomic mass is 15.3. The van der Waals surface area contributed by atoms with Crippen LogP contribution in [-0.2, 0) is 0 Å². The summed E-state index contributed by atoms with van der Waals surface area (Å²) in [6.45, 7) is 6.77. The van der Waals surface area contributed by atoms with E-state index in [1.807, 2.05) is 26.0 Å². The van der Waals surface area contributed by atoms with E-state index < -0.39 is 0 Å². The van der Waals surface area contributed by atoms with Crippen LogP contribution in [0.25, 0.3) is 0 Å². The van der Waals surface area contributed by atoms with E-state index in [0.29, 0.717) is 6.04 Å². The molecule has 90 valence electrons. The molecule has 0 heterocycles. The predicted molar refractivity (Wildman–Crippen MR) is 68.3 cm³/mol. The Labute approximate surface area is 95.0 Å². The predicted octanol–water partition coefficient (Wildman–Crippen LogP) is 2.34. The maximum absolute atomic E-state index is 4.20. The third-order valence-electron chi connectivity index (χ3n) is 2.43. The Morgan fingerprint density at radius 1 is 1.20 bits per heavy atom. The Morgan fingerprint density at radius 2 is 1.80 bits per heavy atom. The van der Waals surface area contributed by atoms with Gasteiger partial charge in [-0.1, -0.05) is 26.7 Å². The van der Waals surface area contributed by atoms with Crippen molar-refractivity contribution in [1.29, 1.82) is 0 Å². The van der Waals surface area contributed by atoms with Gasteiger partial charge in [0.05, 0.1) is 0 Å². The van der Waals surface area contributed by atoms with E-state index in [-0.39, 0.29) is 0 Å². The first-order chi connectivity index (χ1) is 6.97. The fourth-order valence-electron chi connectivity index (χ4n) is 1.52. The Bertz CT molecular complexity index is 185.